The number of aryl methyl sites for hydroxylation is 1. The molecule has 1 saturated heterocycles. The van der Waals surface area contributed by atoms with Crippen LogP contribution in [0, 0.1) is 17.2 Å². The number of Topliss-reactive ketones (excluding diaryl/α,β-unsaturated/α-hetero) is 1. The SMILES string of the molecule is CC1CCc2nc(SC3CC(=O)N(c4ccc(C(=O)OCC(=O)c5ccc(Cl)cc5)cc4)C3=O)c(C#N)cc2C1. The summed E-state index contributed by atoms with van der Waals surface area (Å²) in [6.07, 6.45) is 2.69. The van der Waals surface area contributed by atoms with Gasteiger partial charge in [0.1, 0.15) is 11.1 Å². The molecule has 0 radical (unpaired) electrons. The maximum atomic E-state index is 13.2. The van der Waals surface area contributed by atoms with E-state index in [4.69, 9.17) is 21.3 Å². The van der Waals surface area contributed by atoms with E-state index in [9.17, 15) is 24.4 Å². The van der Waals surface area contributed by atoms with Crippen molar-refractivity contribution in [2.75, 3.05) is 11.5 Å². The Morgan fingerprint density at radius 2 is 1.80 bits per heavy atom. The van der Waals surface area contributed by atoms with Crippen molar-refractivity contribution in [2.24, 2.45) is 5.92 Å². The summed E-state index contributed by atoms with van der Waals surface area (Å²) in [6, 6.07) is 16.1. The summed E-state index contributed by atoms with van der Waals surface area (Å²) in [5.41, 5.74) is 3.29. The van der Waals surface area contributed by atoms with E-state index in [-0.39, 0.29) is 23.7 Å². The molecule has 0 saturated carbocycles. The first-order valence-corrected chi connectivity index (χ1v) is 14.0. The van der Waals surface area contributed by atoms with Gasteiger partial charge in [0.15, 0.2) is 12.4 Å². The number of nitrogens with zero attached hydrogens (tertiary/aromatic N) is 3. The molecule has 2 aliphatic rings. The normalized spacial score (nSPS) is 18.3. The van der Waals surface area contributed by atoms with Gasteiger partial charge in [-0.1, -0.05) is 30.3 Å². The first-order chi connectivity index (χ1) is 19.2. The van der Waals surface area contributed by atoms with Crippen molar-refractivity contribution in [3.8, 4) is 6.07 Å². The fourth-order valence-electron chi connectivity index (χ4n) is 4.78. The Morgan fingerprint density at radius 3 is 2.50 bits per heavy atom. The summed E-state index contributed by atoms with van der Waals surface area (Å²) in [5.74, 6) is -1.33. The first kappa shape index (κ1) is 27.6. The number of aromatic nitrogens is 1. The molecule has 2 aromatic carbocycles. The number of carbonyl (C=O) groups is 4. The summed E-state index contributed by atoms with van der Waals surface area (Å²) in [4.78, 5) is 56.6. The average molecular weight is 574 g/mol. The minimum absolute atomic E-state index is 0.0270. The Labute approximate surface area is 240 Å². The summed E-state index contributed by atoms with van der Waals surface area (Å²) in [6.45, 7) is 1.74. The van der Waals surface area contributed by atoms with Crippen LogP contribution in [0.4, 0.5) is 5.69 Å². The van der Waals surface area contributed by atoms with Crippen LogP contribution < -0.4 is 4.90 Å². The minimum Gasteiger partial charge on any atom is -0.454 e. The molecule has 40 heavy (non-hydrogen) atoms. The molecule has 1 aromatic heterocycles. The lowest BCUT2D eigenvalue weighted by Gasteiger charge is -2.22. The third kappa shape index (κ3) is 5.79. The van der Waals surface area contributed by atoms with E-state index in [1.165, 1.54) is 24.3 Å². The highest BCUT2D eigenvalue weighted by Crippen LogP contribution is 2.36. The van der Waals surface area contributed by atoms with Gasteiger partial charge in [0, 0.05) is 22.7 Å². The highest BCUT2D eigenvalue weighted by Gasteiger charge is 2.41. The van der Waals surface area contributed by atoms with Gasteiger partial charge in [-0.2, -0.15) is 5.26 Å². The zero-order chi connectivity index (χ0) is 28.4. The van der Waals surface area contributed by atoms with Crippen LogP contribution in [0.25, 0.3) is 0 Å². The number of benzene rings is 2. The summed E-state index contributed by atoms with van der Waals surface area (Å²) >= 11 is 6.97. The molecule has 2 unspecified atom stereocenters. The molecule has 1 fully saturated rings. The molecular weight excluding hydrogens is 550 g/mol. The van der Waals surface area contributed by atoms with E-state index in [0.717, 1.165) is 47.2 Å². The van der Waals surface area contributed by atoms with Gasteiger partial charge in [-0.05, 0) is 85.3 Å². The standard InChI is InChI=1S/C30H24ClN3O5S/c1-17-2-11-24-20(12-17)13-21(15-32)28(33-24)40-26-14-27(36)34(29(26)37)23-9-5-19(6-10-23)30(38)39-16-25(35)18-3-7-22(31)8-4-18/h3-10,13,17,26H,2,11-12,14,16H2,1H3. The van der Waals surface area contributed by atoms with Crippen molar-refractivity contribution in [1.82, 2.24) is 4.98 Å². The second-order valence-corrected chi connectivity index (χ2v) is 11.5. The average Bonchev–Trinajstić information content (AvgIpc) is 3.23. The number of hydrogen-bond acceptors (Lipinski definition) is 8. The third-order valence-corrected chi connectivity index (χ3v) is 8.38. The van der Waals surface area contributed by atoms with E-state index < -0.39 is 23.7 Å². The van der Waals surface area contributed by atoms with Gasteiger partial charge in [0.05, 0.1) is 22.1 Å². The number of hydrogen-bond donors (Lipinski definition) is 0. The topological polar surface area (TPSA) is 117 Å². The van der Waals surface area contributed by atoms with Gasteiger partial charge in [-0.3, -0.25) is 14.4 Å². The molecular formula is C30H24ClN3O5S. The summed E-state index contributed by atoms with van der Waals surface area (Å²) in [7, 11) is 0. The molecule has 0 bridgehead atoms. The van der Waals surface area contributed by atoms with Gasteiger partial charge in [-0.15, -0.1) is 0 Å². The van der Waals surface area contributed by atoms with Crippen LogP contribution in [0.1, 0.15) is 57.3 Å². The molecule has 202 valence electrons. The van der Waals surface area contributed by atoms with Gasteiger partial charge in [0.25, 0.3) is 0 Å². The summed E-state index contributed by atoms with van der Waals surface area (Å²) < 4.78 is 5.13. The molecule has 1 aliphatic carbocycles. The van der Waals surface area contributed by atoms with E-state index in [0.29, 0.717) is 32.8 Å². The van der Waals surface area contributed by atoms with Crippen LogP contribution in [0.15, 0.2) is 59.6 Å². The molecule has 0 spiro atoms. The Bertz CT molecular complexity index is 1550. The van der Waals surface area contributed by atoms with Crippen LogP contribution >= 0.6 is 23.4 Å². The highest BCUT2D eigenvalue weighted by molar-refractivity contribution is 8.00. The fraction of sp³-hybridized carbons (Fsp3) is 0.267. The number of ether oxygens (including phenoxy) is 1. The Morgan fingerprint density at radius 1 is 1.10 bits per heavy atom. The lowest BCUT2D eigenvalue weighted by Crippen LogP contribution is -2.31. The van der Waals surface area contributed by atoms with Crippen LogP contribution in [0.2, 0.25) is 5.02 Å². The number of amides is 2. The number of anilines is 1. The molecule has 8 nitrogen and oxygen atoms in total. The van der Waals surface area contributed by atoms with Gasteiger partial charge >= 0.3 is 5.97 Å². The molecule has 3 aromatic rings. The number of carbonyl (C=O) groups excluding carboxylic acids is 4. The predicted octanol–water partition coefficient (Wildman–Crippen LogP) is 5.20. The Balaban J connectivity index is 1.24. The molecule has 2 heterocycles. The lowest BCUT2D eigenvalue weighted by atomic mass is 9.87. The largest absolute Gasteiger partial charge is 0.454 e. The maximum absolute atomic E-state index is 13.2. The predicted molar refractivity (Wildman–Crippen MR) is 149 cm³/mol. The van der Waals surface area contributed by atoms with E-state index in [1.54, 1.807) is 24.3 Å². The second kappa shape index (κ2) is 11.6. The van der Waals surface area contributed by atoms with E-state index in [1.807, 2.05) is 6.07 Å². The number of fused-ring (bicyclic) bond motifs is 1. The van der Waals surface area contributed by atoms with Crippen LogP contribution in [-0.4, -0.2) is 40.4 Å². The maximum Gasteiger partial charge on any atom is 0.338 e. The zero-order valence-corrected chi connectivity index (χ0v) is 23.1. The highest BCUT2D eigenvalue weighted by atomic mass is 35.5. The van der Waals surface area contributed by atoms with Gasteiger partial charge in [-0.25, -0.2) is 14.7 Å². The smallest absolute Gasteiger partial charge is 0.338 e. The molecule has 2 atom stereocenters. The zero-order valence-electron chi connectivity index (χ0n) is 21.6. The van der Waals surface area contributed by atoms with Crippen molar-refractivity contribution in [2.45, 2.75) is 42.9 Å². The van der Waals surface area contributed by atoms with Crippen molar-refractivity contribution in [1.29, 1.82) is 5.26 Å². The van der Waals surface area contributed by atoms with Crippen molar-refractivity contribution >= 4 is 52.6 Å². The second-order valence-electron chi connectivity index (χ2n) is 9.84. The Hall–Kier alpha value is -4.00. The Kier molecular flexibility index (Phi) is 8.01. The number of thioether (sulfide) groups is 1. The molecule has 1 aliphatic heterocycles. The van der Waals surface area contributed by atoms with Gasteiger partial charge < -0.3 is 4.74 Å². The lowest BCUT2D eigenvalue weighted by molar-refractivity contribution is -0.121. The molecule has 0 N–H and O–H groups in total. The number of nitriles is 1. The number of rotatable bonds is 7. The number of ketones is 1. The van der Waals surface area contributed by atoms with Crippen LogP contribution in [0.5, 0.6) is 0 Å². The number of imide groups is 1. The minimum atomic E-state index is -0.712. The first-order valence-electron chi connectivity index (χ1n) is 12.8. The van der Waals surface area contributed by atoms with E-state index >= 15 is 0 Å². The monoisotopic (exact) mass is 573 g/mol. The van der Waals surface area contributed by atoms with Crippen molar-refractivity contribution in [3.63, 3.8) is 0 Å². The third-order valence-electron chi connectivity index (χ3n) is 6.94. The fourth-order valence-corrected chi connectivity index (χ4v) is 6.00. The molecule has 2 amide bonds. The number of halogens is 1. The quantitative estimate of drug-likeness (QED) is 0.215. The van der Waals surface area contributed by atoms with Crippen LogP contribution in [0.3, 0.4) is 0 Å². The van der Waals surface area contributed by atoms with Gasteiger partial charge in [0.2, 0.25) is 11.8 Å². The van der Waals surface area contributed by atoms with Crippen LogP contribution in [-0.2, 0) is 27.2 Å². The van der Waals surface area contributed by atoms with E-state index in [2.05, 4.69) is 13.0 Å². The molecule has 5 rings (SSSR count). The number of esters is 1. The van der Waals surface area contributed by atoms with Crippen molar-refractivity contribution < 1.29 is 23.9 Å². The number of pyridine rings is 1. The summed E-state index contributed by atoms with van der Waals surface area (Å²) in [5, 5.41) is 9.94. The van der Waals surface area contributed by atoms with Crippen molar-refractivity contribution in [3.05, 3.63) is 87.6 Å². The molecule has 10 heteroatoms.